The van der Waals surface area contributed by atoms with Crippen LogP contribution in [0.3, 0.4) is 0 Å². The molecule has 0 bridgehead atoms. The highest BCUT2D eigenvalue weighted by Crippen LogP contribution is 2.19. The van der Waals surface area contributed by atoms with Crippen LogP contribution in [0.5, 0.6) is 5.75 Å². The van der Waals surface area contributed by atoms with Crippen LogP contribution >= 0.6 is 0 Å². The van der Waals surface area contributed by atoms with E-state index >= 15 is 0 Å². The molecule has 6 nitrogen and oxygen atoms in total. The van der Waals surface area contributed by atoms with Gasteiger partial charge >= 0.3 is 0 Å². The lowest BCUT2D eigenvalue weighted by atomic mass is 10.1. The first-order valence-electron chi connectivity index (χ1n) is 9.51. The lowest BCUT2D eigenvalue weighted by Crippen LogP contribution is -2.37. The smallest absolute Gasteiger partial charge is 0.223 e. The summed E-state index contributed by atoms with van der Waals surface area (Å²) in [6.07, 6.45) is 3.28. The predicted molar refractivity (Wildman–Crippen MR) is 102 cm³/mol. The number of methoxy groups -OCH3 is 1. The Balaban J connectivity index is 1.66. The average Bonchev–Trinajstić information content (AvgIpc) is 3.30. The summed E-state index contributed by atoms with van der Waals surface area (Å²) in [5.74, 6) is 1.73. The molecule has 6 heteroatoms. The summed E-state index contributed by atoms with van der Waals surface area (Å²) in [5.41, 5.74) is 2.98. The minimum Gasteiger partial charge on any atom is -0.497 e. The maximum Gasteiger partial charge on any atom is 0.223 e. The van der Waals surface area contributed by atoms with E-state index < -0.39 is 0 Å². The van der Waals surface area contributed by atoms with Gasteiger partial charge in [0.25, 0.3) is 0 Å². The summed E-state index contributed by atoms with van der Waals surface area (Å²) in [6, 6.07) is 7.85. The van der Waals surface area contributed by atoms with Gasteiger partial charge in [-0.2, -0.15) is 0 Å². The minimum atomic E-state index is 0.126. The van der Waals surface area contributed by atoms with Crippen molar-refractivity contribution in [1.29, 1.82) is 0 Å². The van der Waals surface area contributed by atoms with Crippen molar-refractivity contribution in [2.75, 3.05) is 20.3 Å². The molecule has 27 heavy (non-hydrogen) atoms. The van der Waals surface area contributed by atoms with Crippen LogP contribution in [-0.4, -0.2) is 42.3 Å². The number of rotatable bonds is 8. The molecule has 1 amide bonds. The molecule has 146 valence electrons. The van der Waals surface area contributed by atoms with Crippen LogP contribution in [-0.2, 0) is 22.5 Å². The summed E-state index contributed by atoms with van der Waals surface area (Å²) in [7, 11) is 1.65. The van der Waals surface area contributed by atoms with Gasteiger partial charge in [0.15, 0.2) is 0 Å². The zero-order valence-corrected chi connectivity index (χ0v) is 16.4. The fourth-order valence-electron chi connectivity index (χ4n) is 3.49. The Kier molecular flexibility index (Phi) is 6.50. The molecule has 1 fully saturated rings. The van der Waals surface area contributed by atoms with Crippen molar-refractivity contribution in [3.05, 3.63) is 46.8 Å². The van der Waals surface area contributed by atoms with Crippen molar-refractivity contribution in [1.82, 2.24) is 10.1 Å². The lowest BCUT2D eigenvalue weighted by Gasteiger charge is -2.26. The van der Waals surface area contributed by atoms with Crippen LogP contribution in [0.2, 0.25) is 0 Å². The Morgan fingerprint density at radius 1 is 1.30 bits per heavy atom. The molecule has 2 aromatic rings. The molecular weight excluding hydrogens is 344 g/mol. The molecular formula is C21H28N2O4. The quantitative estimate of drug-likeness (QED) is 0.710. The standard InChI is InChI=1S/C21H28N2O4/c1-15-20(16(2)27-22-15)10-11-21(24)23(14-19-5-4-12-26-19)13-17-6-8-18(25-3)9-7-17/h6-9,19H,4-5,10-14H2,1-3H3/t19-/m1/s1. The number of carbonyl (C=O) groups excluding carboxylic acids is 1. The highest BCUT2D eigenvalue weighted by Gasteiger charge is 2.23. The molecule has 0 unspecified atom stereocenters. The monoisotopic (exact) mass is 372 g/mol. The first kappa shape index (κ1) is 19.4. The number of aryl methyl sites for hydroxylation is 2. The van der Waals surface area contributed by atoms with Crippen molar-refractivity contribution >= 4 is 5.91 Å². The van der Waals surface area contributed by atoms with Gasteiger partial charge in [-0.05, 0) is 50.8 Å². The van der Waals surface area contributed by atoms with Gasteiger partial charge in [-0.25, -0.2) is 0 Å². The zero-order valence-electron chi connectivity index (χ0n) is 16.4. The molecule has 1 atom stereocenters. The van der Waals surface area contributed by atoms with E-state index in [1.54, 1.807) is 7.11 Å². The number of benzene rings is 1. The van der Waals surface area contributed by atoms with Crippen LogP contribution in [0.15, 0.2) is 28.8 Å². The molecule has 1 aromatic carbocycles. The Labute approximate surface area is 160 Å². The van der Waals surface area contributed by atoms with E-state index in [-0.39, 0.29) is 12.0 Å². The number of carbonyl (C=O) groups is 1. The molecule has 2 heterocycles. The van der Waals surface area contributed by atoms with Crippen LogP contribution in [0.1, 0.15) is 41.8 Å². The maximum absolute atomic E-state index is 13.0. The molecule has 3 rings (SSSR count). The molecule has 1 aliphatic heterocycles. The maximum atomic E-state index is 13.0. The van der Waals surface area contributed by atoms with Crippen LogP contribution in [0, 0.1) is 13.8 Å². The summed E-state index contributed by atoms with van der Waals surface area (Å²) in [6.45, 7) is 5.80. The van der Waals surface area contributed by atoms with Crippen LogP contribution in [0.25, 0.3) is 0 Å². The summed E-state index contributed by atoms with van der Waals surface area (Å²) in [5, 5.41) is 3.97. The summed E-state index contributed by atoms with van der Waals surface area (Å²) >= 11 is 0. The van der Waals surface area contributed by atoms with E-state index in [1.165, 1.54) is 0 Å². The lowest BCUT2D eigenvalue weighted by molar-refractivity contribution is -0.133. The third-order valence-electron chi connectivity index (χ3n) is 5.10. The predicted octanol–water partition coefficient (Wildman–Crippen LogP) is 3.44. The second kappa shape index (κ2) is 9.04. The van der Waals surface area contributed by atoms with Gasteiger partial charge < -0.3 is 18.9 Å². The molecule has 0 aliphatic carbocycles. The molecule has 0 spiro atoms. The summed E-state index contributed by atoms with van der Waals surface area (Å²) < 4.78 is 16.2. The average molecular weight is 372 g/mol. The highest BCUT2D eigenvalue weighted by molar-refractivity contribution is 5.76. The number of hydrogen-bond acceptors (Lipinski definition) is 5. The third kappa shape index (κ3) is 5.10. The van der Waals surface area contributed by atoms with E-state index in [2.05, 4.69) is 5.16 Å². The molecule has 0 radical (unpaired) electrons. The molecule has 1 saturated heterocycles. The van der Waals surface area contributed by atoms with Gasteiger partial charge in [0.05, 0.1) is 18.9 Å². The minimum absolute atomic E-state index is 0.126. The largest absolute Gasteiger partial charge is 0.497 e. The van der Waals surface area contributed by atoms with Crippen molar-refractivity contribution in [2.24, 2.45) is 0 Å². The van der Waals surface area contributed by atoms with Crippen molar-refractivity contribution in [3.63, 3.8) is 0 Å². The van der Waals surface area contributed by atoms with E-state index in [9.17, 15) is 4.79 Å². The molecule has 1 aliphatic rings. The number of hydrogen-bond donors (Lipinski definition) is 0. The molecule has 0 N–H and O–H groups in total. The number of amides is 1. The molecule has 0 saturated carbocycles. The fraction of sp³-hybridized carbons (Fsp3) is 0.524. The first-order valence-corrected chi connectivity index (χ1v) is 9.51. The second-order valence-electron chi connectivity index (χ2n) is 7.06. The second-order valence-corrected chi connectivity index (χ2v) is 7.06. The van der Waals surface area contributed by atoms with Gasteiger partial charge in [0.1, 0.15) is 11.5 Å². The Morgan fingerprint density at radius 2 is 2.07 bits per heavy atom. The number of ether oxygens (including phenoxy) is 2. The van der Waals surface area contributed by atoms with E-state index in [4.69, 9.17) is 14.0 Å². The normalized spacial score (nSPS) is 16.5. The Bertz CT molecular complexity index is 729. The number of nitrogens with zero attached hydrogens (tertiary/aromatic N) is 2. The summed E-state index contributed by atoms with van der Waals surface area (Å²) in [4.78, 5) is 14.9. The topological polar surface area (TPSA) is 64.8 Å². The van der Waals surface area contributed by atoms with Crippen molar-refractivity contribution < 1.29 is 18.8 Å². The zero-order chi connectivity index (χ0) is 19.2. The van der Waals surface area contributed by atoms with Gasteiger partial charge in [-0.15, -0.1) is 0 Å². The first-order chi connectivity index (χ1) is 13.1. The van der Waals surface area contributed by atoms with Crippen molar-refractivity contribution in [2.45, 2.75) is 52.2 Å². The SMILES string of the molecule is COc1ccc(CN(C[C@H]2CCCO2)C(=O)CCc2c(C)noc2C)cc1. The van der Waals surface area contributed by atoms with E-state index in [0.29, 0.717) is 25.9 Å². The van der Waals surface area contributed by atoms with Crippen LogP contribution < -0.4 is 4.74 Å². The van der Waals surface area contributed by atoms with Crippen LogP contribution in [0.4, 0.5) is 0 Å². The Morgan fingerprint density at radius 3 is 2.67 bits per heavy atom. The van der Waals surface area contributed by atoms with Gasteiger partial charge in [-0.1, -0.05) is 17.3 Å². The van der Waals surface area contributed by atoms with Crippen molar-refractivity contribution in [3.8, 4) is 5.75 Å². The van der Waals surface area contributed by atoms with E-state index in [1.807, 2.05) is 43.0 Å². The Hall–Kier alpha value is -2.34. The van der Waals surface area contributed by atoms with E-state index in [0.717, 1.165) is 47.8 Å². The van der Waals surface area contributed by atoms with Gasteiger partial charge in [0, 0.05) is 31.7 Å². The fourth-order valence-corrected chi connectivity index (χ4v) is 3.49. The third-order valence-corrected chi connectivity index (χ3v) is 5.10. The van der Waals surface area contributed by atoms with Gasteiger partial charge in [0.2, 0.25) is 5.91 Å². The number of aromatic nitrogens is 1. The molecule has 1 aromatic heterocycles. The van der Waals surface area contributed by atoms with Gasteiger partial charge in [-0.3, -0.25) is 4.79 Å². The highest BCUT2D eigenvalue weighted by atomic mass is 16.5.